The molecule has 1 aliphatic rings. The molecule has 0 saturated carbocycles. The maximum atomic E-state index is 11.0. The molecule has 0 unspecified atom stereocenters. The molecule has 0 aromatic carbocycles. The highest BCUT2D eigenvalue weighted by atomic mass is 79.9. The summed E-state index contributed by atoms with van der Waals surface area (Å²) in [5, 5.41) is 4.30. The Morgan fingerprint density at radius 2 is 2.00 bits per heavy atom. The van der Waals surface area contributed by atoms with E-state index in [1.165, 1.54) is 0 Å². The summed E-state index contributed by atoms with van der Waals surface area (Å²) in [7, 11) is -2.78. The second-order valence-corrected chi connectivity index (χ2v) is 6.61. The van der Waals surface area contributed by atoms with E-state index in [-0.39, 0.29) is 17.5 Å². The van der Waals surface area contributed by atoms with E-state index in [9.17, 15) is 8.42 Å². The van der Waals surface area contributed by atoms with Gasteiger partial charge in [0, 0.05) is 0 Å². The van der Waals surface area contributed by atoms with Gasteiger partial charge in [-0.15, -0.1) is 0 Å². The fourth-order valence-electron chi connectivity index (χ4n) is 1.68. The van der Waals surface area contributed by atoms with Gasteiger partial charge in [0.25, 0.3) is 0 Å². The van der Waals surface area contributed by atoms with Gasteiger partial charge in [-0.3, -0.25) is 4.68 Å². The number of nitrogens with zero attached hydrogens (tertiary/aromatic N) is 2. The van der Waals surface area contributed by atoms with Gasteiger partial charge < -0.3 is 0 Å². The van der Waals surface area contributed by atoms with Crippen molar-refractivity contribution in [2.45, 2.75) is 19.9 Å². The summed E-state index contributed by atoms with van der Waals surface area (Å²) in [6.45, 7) is 3.84. The van der Waals surface area contributed by atoms with Crippen molar-refractivity contribution >= 4 is 25.8 Å². The van der Waals surface area contributed by atoms with Crippen LogP contribution < -0.4 is 0 Å². The molecule has 1 saturated heterocycles. The molecular weight excluding hydrogens is 268 g/mol. The van der Waals surface area contributed by atoms with E-state index in [1.807, 2.05) is 13.8 Å². The smallest absolute Gasteiger partial charge is 0.154 e. The number of hydrogen-bond donors (Lipinski definition) is 0. The van der Waals surface area contributed by atoms with Crippen molar-refractivity contribution in [3.05, 3.63) is 15.9 Å². The Balaban J connectivity index is 2.31. The van der Waals surface area contributed by atoms with Crippen LogP contribution in [0.25, 0.3) is 0 Å². The first kappa shape index (κ1) is 10.2. The Morgan fingerprint density at radius 3 is 2.36 bits per heavy atom. The van der Waals surface area contributed by atoms with Crippen LogP contribution in [-0.2, 0) is 9.84 Å². The third-order valence-corrected chi connectivity index (χ3v) is 5.41. The van der Waals surface area contributed by atoms with Gasteiger partial charge in [-0.25, -0.2) is 8.42 Å². The summed E-state index contributed by atoms with van der Waals surface area (Å²) < 4.78 is 24.8. The molecular formula is C8H11BrN2O2S. The highest BCUT2D eigenvalue weighted by Gasteiger charge is 2.36. The van der Waals surface area contributed by atoms with Gasteiger partial charge in [0.1, 0.15) is 0 Å². The minimum Gasteiger partial charge on any atom is -0.263 e. The highest BCUT2D eigenvalue weighted by molar-refractivity contribution is 9.10. The van der Waals surface area contributed by atoms with Crippen molar-refractivity contribution in [3.8, 4) is 0 Å². The van der Waals surface area contributed by atoms with Crippen LogP contribution in [0.5, 0.6) is 0 Å². The zero-order chi connectivity index (χ0) is 10.5. The molecule has 4 nitrogen and oxygen atoms in total. The lowest BCUT2D eigenvalue weighted by Gasteiger charge is -2.27. The number of rotatable bonds is 1. The summed E-state index contributed by atoms with van der Waals surface area (Å²) in [5.41, 5.74) is 1.91. The predicted molar refractivity (Wildman–Crippen MR) is 57.1 cm³/mol. The molecule has 0 radical (unpaired) electrons. The summed E-state index contributed by atoms with van der Waals surface area (Å²) in [5.74, 6) is 0.447. The Labute approximate surface area is 91.4 Å². The fourth-order valence-corrected chi connectivity index (χ4v) is 3.30. The lowest BCUT2D eigenvalue weighted by molar-refractivity contribution is 0.464. The van der Waals surface area contributed by atoms with Crippen molar-refractivity contribution in [1.29, 1.82) is 0 Å². The molecule has 2 rings (SSSR count). The third-order valence-electron chi connectivity index (χ3n) is 2.48. The summed E-state index contributed by atoms with van der Waals surface area (Å²) in [6, 6.07) is 0.0324. The molecule has 6 heteroatoms. The first-order chi connectivity index (χ1) is 6.41. The molecule has 0 atom stereocenters. The van der Waals surface area contributed by atoms with E-state index in [4.69, 9.17) is 0 Å². The molecule has 14 heavy (non-hydrogen) atoms. The standard InChI is InChI=1S/C8H11BrN2O2S/c1-5-8(9)6(2)11(10-5)7-3-14(12,13)4-7/h7H,3-4H2,1-2H3. The van der Waals surface area contributed by atoms with E-state index in [1.54, 1.807) is 4.68 Å². The van der Waals surface area contributed by atoms with E-state index < -0.39 is 9.84 Å². The van der Waals surface area contributed by atoms with Gasteiger partial charge in [-0.05, 0) is 29.8 Å². The number of sulfone groups is 1. The largest absolute Gasteiger partial charge is 0.263 e. The molecule has 1 aromatic heterocycles. The Hall–Kier alpha value is -0.360. The van der Waals surface area contributed by atoms with E-state index >= 15 is 0 Å². The van der Waals surface area contributed by atoms with Crippen molar-refractivity contribution in [3.63, 3.8) is 0 Å². The Bertz CT molecular complexity index is 466. The lowest BCUT2D eigenvalue weighted by Crippen LogP contribution is -2.39. The molecule has 1 fully saturated rings. The van der Waals surface area contributed by atoms with Crippen molar-refractivity contribution < 1.29 is 8.42 Å². The monoisotopic (exact) mass is 278 g/mol. The minimum atomic E-state index is -2.78. The number of hydrogen-bond acceptors (Lipinski definition) is 3. The number of aromatic nitrogens is 2. The van der Waals surface area contributed by atoms with Crippen LogP contribution in [0.15, 0.2) is 4.47 Å². The average Bonchev–Trinajstić information content (AvgIpc) is 2.28. The maximum Gasteiger partial charge on any atom is 0.154 e. The van der Waals surface area contributed by atoms with Crippen LogP contribution in [0.1, 0.15) is 17.4 Å². The summed E-state index contributed by atoms with van der Waals surface area (Å²) >= 11 is 3.42. The van der Waals surface area contributed by atoms with Gasteiger partial charge in [0.15, 0.2) is 9.84 Å². The SMILES string of the molecule is Cc1nn(C2CS(=O)(=O)C2)c(C)c1Br. The van der Waals surface area contributed by atoms with Crippen molar-refractivity contribution in [1.82, 2.24) is 9.78 Å². The van der Waals surface area contributed by atoms with Gasteiger partial charge in [-0.1, -0.05) is 0 Å². The second kappa shape index (κ2) is 3.06. The molecule has 1 aromatic rings. The molecule has 0 N–H and O–H groups in total. The maximum absolute atomic E-state index is 11.0. The highest BCUT2D eigenvalue weighted by Crippen LogP contribution is 2.28. The Morgan fingerprint density at radius 1 is 1.43 bits per heavy atom. The van der Waals surface area contributed by atoms with E-state index in [0.717, 1.165) is 15.9 Å². The van der Waals surface area contributed by atoms with Gasteiger partial charge in [0.05, 0.1) is 33.4 Å². The number of halogens is 1. The molecule has 0 amide bonds. The molecule has 78 valence electrons. The minimum absolute atomic E-state index is 0.0324. The van der Waals surface area contributed by atoms with Crippen LogP contribution in [0.2, 0.25) is 0 Å². The quantitative estimate of drug-likeness (QED) is 0.777. The Kier molecular flexibility index (Phi) is 2.23. The lowest BCUT2D eigenvalue weighted by atomic mass is 10.3. The van der Waals surface area contributed by atoms with Gasteiger partial charge >= 0.3 is 0 Å². The number of aryl methyl sites for hydroxylation is 1. The topological polar surface area (TPSA) is 52.0 Å². The van der Waals surface area contributed by atoms with Gasteiger partial charge in [0.2, 0.25) is 0 Å². The first-order valence-electron chi connectivity index (χ1n) is 4.32. The van der Waals surface area contributed by atoms with Crippen LogP contribution in [-0.4, -0.2) is 29.7 Å². The van der Waals surface area contributed by atoms with Crippen LogP contribution >= 0.6 is 15.9 Å². The van der Waals surface area contributed by atoms with Crippen molar-refractivity contribution in [2.24, 2.45) is 0 Å². The predicted octanol–water partition coefficient (Wildman–Crippen LogP) is 1.23. The summed E-state index contributed by atoms with van der Waals surface area (Å²) in [4.78, 5) is 0. The zero-order valence-electron chi connectivity index (χ0n) is 7.99. The first-order valence-corrected chi connectivity index (χ1v) is 6.94. The van der Waals surface area contributed by atoms with Gasteiger partial charge in [-0.2, -0.15) is 5.10 Å². The van der Waals surface area contributed by atoms with Crippen LogP contribution in [0.4, 0.5) is 0 Å². The molecule has 0 bridgehead atoms. The molecule has 1 aliphatic heterocycles. The van der Waals surface area contributed by atoms with E-state index in [0.29, 0.717) is 0 Å². The second-order valence-electron chi connectivity index (χ2n) is 3.66. The normalized spacial score (nSPS) is 20.8. The van der Waals surface area contributed by atoms with Crippen LogP contribution in [0.3, 0.4) is 0 Å². The zero-order valence-corrected chi connectivity index (χ0v) is 10.4. The molecule has 2 heterocycles. The molecule has 0 aliphatic carbocycles. The molecule has 0 spiro atoms. The summed E-state index contributed by atoms with van der Waals surface area (Å²) in [6.07, 6.45) is 0. The van der Waals surface area contributed by atoms with Crippen LogP contribution in [0, 0.1) is 13.8 Å². The third kappa shape index (κ3) is 1.50. The van der Waals surface area contributed by atoms with Crippen molar-refractivity contribution in [2.75, 3.05) is 11.5 Å². The van der Waals surface area contributed by atoms with E-state index in [2.05, 4.69) is 21.0 Å². The average molecular weight is 279 g/mol. The fraction of sp³-hybridized carbons (Fsp3) is 0.625.